The summed E-state index contributed by atoms with van der Waals surface area (Å²) in [5, 5.41) is 9.92. The number of rotatable bonds is 13. The van der Waals surface area contributed by atoms with Crippen LogP contribution in [0.3, 0.4) is 0 Å². The molecule has 2 aliphatic carbocycles. The molecule has 0 saturated heterocycles. The molecule has 1 heterocycles. The minimum absolute atomic E-state index is 0.0757. The average Bonchev–Trinajstić information content (AvgIpc) is 2.98. The number of benzene rings is 1. The lowest BCUT2D eigenvalue weighted by Gasteiger charge is -2.35. The van der Waals surface area contributed by atoms with Crippen LogP contribution in [0.4, 0.5) is 0 Å². The fourth-order valence-corrected chi connectivity index (χ4v) is 7.06. The standard InChI is InChI=1S/C35H51N3/c1-3-5-7-9-11-28-12-14-30(15-13-28)33-25-37-34(38-26-33)32-18-16-29(17-19-32)31-20-23-35(27-36,24-21-31)22-10-8-6-4-2/h16-19,25-26,28,30-31H,3-15,20-24H2,1-2H3/t28-,30-,31-,35-. The van der Waals surface area contributed by atoms with E-state index in [0.717, 1.165) is 49.4 Å². The zero-order valence-electron chi connectivity index (χ0n) is 24.3. The SMILES string of the molecule is CCCCCC[C@H]1CC[C@H](c2cnc(-c3ccc([C@H]4CC[C@@](C#N)(CCCCCC)CC4)cc3)nc2)CC1. The third-order valence-corrected chi connectivity index (χ3v) is 9.78. The van der Waals surface area contributed by atoms with Crippen LogP contribution in [0.2, 0.25) is 0 Å². The van der Waals surface area contributed by atoms with Crippen LogP contribution in [0.1, 0.15) is 152 Å². The van der Waals surface area contributed by atoms with Gasteiger partial charge in [0.2, 0.25) is 0 Å². The van der Waals surface area contributed by atoms with E-state index in [4.69, 9.17) is 9.97 Å². The number of aromatic nitrogens is 2. The summed E-state index contributed by atoms with van der Waals surface area (Å²) in [6.07, 6.45) is 27.0. The van der Waals surface area contributed by atoms with Crippen LogP contribution in [0.25, 0.3) is 11.4 Å². The smallest absolute Gasteiger partial charge is 0.159 e. The van der Waals surface area contributed by atoms with Crippen molar-refractivity contribution >= 4 is 0 Å². The fraction of sp³-hybridized carbons (Fsp3) is 0.686. The van der Waals surface area contributed by atoms with Gasteiger partial charge in [0.05, 0.1) is 11.5 Å². The number of nitrogens with zero attached hydrogens (tertiary/aromatic N) is 3. The first-order valence-corrected chi connectivity index (χ1v) is 16.0. The number of unbranched alkanes of at least 4 members (excludes halogenated alkanes) is 6. The Labute approximate surface area is 232 Å². The third-order valence-electron chi connectivity index (χ3n) is 9.78. The van der Waals surface area contributed by atoms with Crippen LogP contribution in [-0.4, -0.2) is 9.97 Å². The highest BCUT2D eigenvalue weighted by atomic mass is 14.9. The first-order valence-electron chi connectivity index (χ1n) is 16.0. The molecular weight excluding hydrogens is 462 g/mol. The van der Waals surface area contributed by atoms with E-state index in [1.165, 1.54) is 94.6 Å². The summed E-state index contributed by atoms with van der Waals surface area (Å²) in [4.78, 5) is 9.56. The summed E-state index contributed by atoms with van der Waals surface area (Å²) in [5.41, 5.74) is 3.77. The van der Waals surface area contributed by atoms with E-state index in [-0.39, 0.29) is 5.41 Å². The maximum absolute atomic E-state index is 9.92. The van der Waals surface area contributed by atoms with Crippen molar-refractivity contribution in [1.29, 1.82) is 5.26 Å². The van der Waals surface area contributed by atoms with Crippen LogP contribution in [0.5, 0.6) is 0 Å². The molecule has 0 bridgehead atoms. The lowest BCUT2D eigenvalue weighted by atomic mass is 9.67. The molecule has 3 nitrogen and oxygen atoms in total. The van der Waals surface area contributed by atoms with Crippen LogP contribution in [-0.2, 0) is 0 Å². The molecule has 3 heteroatoms. The predicted octanol–water partition coefficient (Wildman–Crippen LogP) is 10.5. The first kappa shape index (κ1) is 28.8. The van der Waals surface area contributed by atoms with Crippen molar-refractivity contribution in [2.75, 3.05) is 0 Å². The topological polar surface area (TPSA) is 49.6 Å². The number of hydrogen-bond acceptors (Lipinski definition) is 3. The Morgan fingerprint density at radius 3 is 1.95 bits per heavy atom. The Hall–Kier alpha value is -2.21. The van der Waals surface area contributed by atoms with E-state index < -0.39 is 0 Å². The quantitative estimate of drug-likeness (QED) is 0.250. The van der Waals surface area contributed by atoms with Crippen molar-refractivity contribution in [3.05, 3.63) is 47.8 Å². The van der Waals surface area contributed by atoms with Gasteiger partial charge >= 0.3 is 0 Å². The second-order valence-corrected chi connectivity index (χ2v) is 12.5. The highest BCUT2D eigenvalue weighted by Crippen LogP contribution is 2.46. The molecule has 1 aromatic carbocycles. The summed E-state index contributed by atoms with van der Waals surface area (Å²) in [6, 6.07) is 11.7. The predicted molar refractivity (Wildman–Crippen MR) is 159 cm³/mol. The van der Waals surface area contributed by atoms with Gasteiger partial charge in [0.1, 0.15) is 0 Å². The van der Waals surface area contributed by atoms with Crippen molar-refractivity contribution in [3.63, 3.8) is 0 Å². The van der Waals surface area contributed by atoms with Crippen molar-refractivity contribution in [2.45, 2.75) is 141 Å². The lowest BCUT2D eigenvalue weighted by molar-refractivity contribution is 0.223. The average molecular weight is 514 g/mol. The molecule has 2 fully saturated rings. The molecule has 0 spiro atoms. The molecule has 2 saturated carbocycles. The molecule has 0 radical (unpaired) electrons. The third kappa shape index (κ3) is 7.91. The monoisotopic (exact) mass is 513 g/mol. The zero-order chi connectivity index (χ0) is 26.6. The molecule has 2 aromatic rings. The van der Waals surface area contributed by atoms with Gasteiger partial charge < -0.3 is 0 Å². The van der Waals surface area contributed by atoms with Crippen LogP contribution >= 0.6 is 0 Å². The molecule has 0 aliphatic heterocycles. The number of nitriles is 1. The second-order valence-electron chi connectivity index (χ2n) is 12.5. The summed E-state index contributed by atoms with van der Waals surface area (Å²) in [6.45, 7) is 4.54. The first-order chi connectivity index (χ1) is 18.7. The molecule has 0 N–H and O–H groups in total. The van der Waals surface area contributed by atoms with Gasteiger partial charge in [0.25, 0.3) is 0 Å². The molecule has 0 amide bonds. The summed E-state index contributed by atoms with van der Waals surface area (Å²) < 4.78 is 0. The van der Waals surface area contributed by atoms with Crippen LogP contribution in [0.15, 0.2) is 36.7 Å². The Morgan fingerprint density at radius 2 is 1.34 bits per heavy atom. The molecule has 4 rings (SSSR count). The highest BCUT2D eigenvalue weighted by Gasteiger charge is 2.35. The van der Waals surface area contributed by atoms with Gasteiger partial charge in [-0.05, 0) is 86.7 Å². The van der Waals surface area contributed by atoms with Crippen molar-refractivity contribution < 1.29 is 0 Å². The Balaban J connectivity index is 1.25. The Kier molecular flexibility index (Phi) is 11.2. The molecule has 0 atom stereocenters. The van der Waals surface area contributed by atoms with Crippen molar-refractivity contribution in [2.24, 2.45) is 11.3 Å². The highest BCUT2D eigenvalue weighted by molar-refractivity contribution is 5.55. The fourth-order valence-electron chi connectivity index (χ4n) is 7.06. The second kappa shape index (κ2) is 14.8. The van der Waals surface area contributed by atoms with Crippen molar-refractivity contribution in [3.8, 4) is 17.5 Å². The summed E-state index contributed by atoms with van der Waals surface area (Å²) in [7, 11) is 0. The van der Waals surface area contributed by atoms with Crippen LogP contribution in [0, 0.1) is 22.7 Å². The van der Waals surface area contributed by atoms with Gasteiger partial charge in [-0.1, -0.05) is 95.9 Å². The van der Waals surface area contributed by atoms with E-state index in [1.54, 1.807) is 0 Å². The van der Waals surface area contributed by atoms with Gasteiger partial charge in [-0.25, -0.2) is 9.97 Å². The van der Waals surface area contributed by atoms with Gasteiger partial charge in [0.15, 0.2) is 5.82 Å². The molecule has 206 valence electrons. The zero-order valence-corrected chi connectivity index (χ0v) is 24.3. The van der Waals surface area contributed by atoms with Gasteiger partial charge in [0, 0.05) is 18.0 Å². The largest absolute Gasteiger partial charge is 0.236 e. The maximum atomic E-state index is 9.92. The summed E-state index contributed by atoms with van der Waals surface area (Å²) >= 11 is 0. The number of hydrogen-bond donors (Lipinski definition) is 0. The molecule has 0 unspecified atom stereocenters. The normalized spacial score (nSPS) is 25.7. The minimum Gasteiger partial charge on any atom is -0.236 e. The van der Waals surface area contributed by atoms with Gasteiger partial charge in [-0.3, -0.25) is 0 Å². The van der Waals surface area contributed by atoms with Crippen molar-refractivity contribution in [1.82, 2.24) is 9.97 Å². The Bertz CT molecular complexity index is 971. The Morgan fingerprint density at radius 1 is 0.737 bits per heavy atom. The van der Waals surface area contributed by atoms with E-state index >= 15 is 0 Å². The van der Waals surface area contributed by atoms with E-state index in [2.05, 4.69) is 56.6 Å². The van der Waals surface area contributed by atoms with Crippen LogP contribution < -0.4 is 0 Å². The molecule has 2 aliphatic rings. The lowest BCUT2D eigenvalue weighted by Crippen LogP contribution is -2.25. The van der Waals surface area contributed by atoms with E-state index in [0.29, 0.717) is 11.8 Å². The summed E-state index contributed by atoms with van der Waals surface area (Å²) in [5.74, 6) is 2.99. The minimum atomic E-state index is -0.0757. The maximum Gasteiger partial charge on any atom is 0.159 e. The van der Waals surface area contributed by atoms with Gasteiger partial charge in [-0.15, -0.1) is 0 Å². The molecule has 38 heavy (non-hydrogen) atoms. The molecule has 1 aromatic heterocycles. The van der Waals surface area contributed by atoms with E-state index in [9.17, 15) is 5.26 Å². The van der Waals surface area contributed by atoms with E-state index in [1.807, 2.05) is 0 Å². The molecular formula is C35H51N3. The van der Waals surface area contributed by atoms with Gasteiger partial charge in [-0.2, -0.15) is 5.26 Å².